The van der Waals surface area contributed by atoms with Gasteiger partial charge in [-0.05, 0) is 6.92 Å². The highest BCUT2D eigenvalue weighted by atomic mass is 16.5. The van der Waals surface area contributed by atoms with Gasteiger partial charge in [-0.2, -0.15) is 0 Å². The van der Waals surface area contributed by atoms with Crippen LogP contribution in [0.5, 0.6) is 0 Å². The third kappa shape index (κ3) is 4.93. The molecule has 0 aromatic heterocycles. The summed E-state index contributed by atoms with van der Waals surface area (Å²) in [5.74, 6) is -1.64. The number of aliphatic carboxylic acids is 1. The van der Waals surface area contributed by atoms with Crippen molar-refractivity contribution < 1.29 is 23.9 Å². The third-order valence-corrected chi connectivity index (χ3v) is 2.18. The molecule has 0 aliphatic carbocycles. The van der Waals surface area contributed by atoms with Gasteiger partial charge in [-0.1, -0.05) is 6.58 Å². The lowest BCUT2D eigenvalue weighted by atomic mass is 10.1. The van der Waals surface area contributed by atoms with E-state index in [1.54, 1.807) is 28.1 Å². The Bertz CT molecular complexity index is 291. The molecule has 5 nitrogen and oxygen atoms in total. The summed E-state index contributed by atoms with van der Waals surface area (Å²) < 4.78 is 5.07. The van der Waals surface area contributed by atoms with Gasteiger partial charge in [0.05, 0.1) is 33.7 Å². The van der Waals surface area contributed by atoms with Gasteiger partial charge in [-0.3, -0.25) is 0 Å². The second kappa shape index (κ2) is 5.65. The SMILES string of the molecule is C=C(C)C(=O)OCCC(C(=O)[O-])[N+](C)(C)C. The first-order valence-electron chi connectivity index (χ1n) is 5.01. The number of quaternary nitrogens is 1. The zero-order valence-corrected chi connectivity index (χ0v) is 10.3. The topological polar surface area (TPSA) is 66.4 Å². The Hall–Kier alpha value is -1.36. The maximum atomic E-state index is 11.1. The predicted molar refractivity (Wildman–Crippen MR) is 57.2 cm³/mol. The first-order chi connectivity index (χ1) is 7.16. The summed E-state index contributed by atoms with van der Waals surface area (Å²) in [6.45, 7) is 5.03. The summed E-state index contributed by atoms with van der Waals surface area (Å²) in [6.07, 6.45) is 0.227. The number of carbonyl (C=O) groups excluding carboxylic acids is 2. The van der Waals surface area contributed by atoms with Crippen molar-refractivity contribution in [3.63, 3.8) is 0 Å². The molecule has 0 aromatic rings. The molecule has 16 heavy (non-hydrogen) atoms. The van der Waals surface area contributed by atoms with Crippen molar-refractivity contribution in [2.45, 2.75) is 19.4 Å². The molecule has 0 N–H and O–H groups in total. The summed E-state index contributed by atoms with van der Waals surface area (Å²) in [6, 6.07) is -0.696. The molecule has 0 radical (unpaired) electrons. The quantitative estimate of drug-likeness (QED) is 0.344. The highest BCUT2D eigenvalue weighted by Gasteiger charge is 2.25. The molecule has 1 atom stereocenters. The van der Waals surface area contributed by atoms with Crippen molar-refractivity contribution in [1.29, 1.82) is 0 Å². The third-order valence-electron chi connectivity index (χ3n) is 2.18. The lowest BCUT2D eigenvalue weighted by Gasteiger charge is -2.34. The molecule has 0 amide bonds. The van der Waals surface area contributed by atoms with E-state index in [1.165, 1.54) is 0 Å². The van der Waals surface area contributed by atoms with Crippen molar-refractivity contribution in [1.82, 2.24) is 0 Å². The Morgan fingerprint density at radius 2 is 1.88 bits per heavy atom. The van der Waals surface area contributed by atoms with Gasteiger partial charge in [0.1, 0.15) is 6.04 Å². The molecule has 0 bridgehead atoms. The van der Waals surface area contributed by atoms with Crippen molar-refractivity contribution in [3.8, 4) is 0 Å². The molecule has 0 aliphatic heterocycles. The number of esters is 1. The van der Waals surface area contributed by atoms with Crippen LogP contribution in [0.3, 0.4) is 0 Å². The molecule has 5 heteroatoms. The smallest absolute Gasteiger partial charge is 0.333 e. The van der Waals surface area contributed by atoms with Crippen LogP contribution in [0.15, 0.2) is 12.2 Å². The Kier molecular flexibility index (Phi) is 5.17. The largest absolute Gasteiger partial charge is 0.544 e. The first-order valence-corrected chi connectivity index (χ1v) is 5.01. The minimum atomic E-state index is -1.14. The molecule has 0 heterocycles. The summed E-state index contributed by atoms with van der Waals surface area (Å²) in [7, 11) is 5.25. The number of hydrogen-bond acceptors (Lipinski definition) is 4. The standard InChI is InChI=1S/C11H19NO4/c1-8(2)11(15)16-7-6-9(10(13)14)12(3,4)5/h9H,1,6-7H2,2-5H3. The second-order valence-corrected chi connectivity index (χ2v) is 4.66. The van der Waals surface area contributed by atoms with Crippen LogP contribution >= 0.6 is 0 Å². The van der Waals surface area contributed by atoms with Gasteiger partial charge in [-0.25, -0.2) is 4.79 Å². The van der Waals surface area contributed by atoms with Crippen molar-refractivity contribution >= 4 is 11.9 Å². The zero-order chi connectivity index (χ0) is 12.9. The van der Waals surface area contributed by atoms with Gasteiger partial charge in [0, 0.05) is 12.0 Å². The molecule has 0 fully saturated rings. The highest BCUT2D eigenvalue weighted by Crippen LogP contribution is 2.07. The summed E-state index contributed by atoms with van der Waals surface area (Å²) in [4.78, 5) is 21.9. The van der Waals surface area contributed by atoms with Crippen LogP contribution in [0.1, 0.15) is 13.3 Å². The van der Waals surface area contributed by atoms with E-state index < -0.39 is 18.0 Å². The molecule has 0 rings (SSSR count). The van der Waals surface area contributed by atoms with Gasteiger partial charge < -0.3 is 19.1 Å². The average molecular weight is 229 g/mol. The van der Waals surface area contributed by atoms with Gasteiger partial charge >= 0.3 is 5.97 Å². The van der Waals surface area contributed by atoms with E-state index in [4.69, 9.17) is 4.74 Å². The monoisotopic (exact) mass is 229 g/mol. The van der Waals surface area contributed by atoms with Crippen LogP contribution in [-0.2, 0) is 14.3 Å². The lowest BCUT2D eigenvalue weighted by molar-refractivity contribution is -0.889. The number of carboxylic acids is 1. The van der Waals surface area contributed by atoms with Gasteiger partial charge in [-0.15, -0.1) is 0 Å². The van der Waals surface area contributed by atoms with Gasteiger partial charge in [0.25, 0.3) is 0 Å². The van der Waals surface area contributed by atoms with E-state index in [9.17, 15) is 14.7 Å². The molecule has 0 saturated carbocycles. The summed E-state index contributed by atoms with van der Waals surface area (Å²) in [5.41, 5.74) is 0.301. The average Bonchev–Trinajstić information content (AvgIpc) is 2.08. The van der Waals surface area contributed by atoms with E-state index in [-0.39, 0.29) is 17.5 Å². The number of hydrogen-bond donors (Lipinski definition) is 0. The molecule has 0 saturated heterocycles. The zero-order valence-electron chi connectivity index (χ0n) is 10.3. The number of rotatable bonds is 6. The van der Waals surface area contributed by atoms with Crippen molar-refractivity contribution in [3.05, 3.63) is 12.2 Å². The van der Waals surface area contributed by atoms with Crippen LogP contribution in [0.25, 0.3) is 0 Å². The minimum Gasteiger partial charge on any atom is -0.544 e. The van der Waals surface area contributed by atoms with Crippen molar-refractivity contribution in [2.24, 2.45) is 0 Å². The molecule has 0 aliphatic rings. The highest BCUT2D eigenvalue weighted by molar-refractivity contribution is 5.86. The Labute approximate surface area is 95.9 Å². The van der Waals surface area contributed by atoms with Crippen molar-refractivity contribution in [2.75, 3.05) is 27.7 Å². The maximum absolute atomic E-state index is 11.1. The molecule has 0 spiro atoms. The normalized spacial score (nSPS) is 13.0. The van der Waals surface area contributed by atoms with Crippen LogP contribution in [0.4, 0.5) is 0 Å². The number of likely N-dealkylation sites (N-methyl/N-ethyl adjacent to an activating group) is 1. The van der Waals surface area contributed by atoms with E-state index in [0.717, 1.165) is 0 Å². The van der Waals surface area contributed by atoms with Crippen LogP contribution < -0.4 is 5.11 Å². The molecule has 0 aromatic carbocycles. The van der Waals surface area contributed by atoms with Crippen LogP contribution in [-0.4, -0.2) is 50.2 Å². The molecule has 1 unspecified atom stereocenters. The Morgan fingerprint density at radius 3 is 2.19 bits per heavy atom. The van der Waals surface area contributed by atoms with Gasteiger partial charge in [0.2, 0.25) is 0 Å². The lowest BCUT2D eigenvalue weighted by Crippen LogP contribution is -2.55. The summed E-state index contributed by atoms with van der Waals surface area (Å²) in [5, 5.41) is 10.9. The Balaban J connectivity index is 4.21. The number of carboxylic acid groups (broad SMARTS) is 1. The summed E-state index contributed by atoms with van der Waals surface area (Å²) >= 11 is 0. The van der Waals surface area contributed by atoms with E-state index in [1.807, 2.05) is 0 Å². The number of nitrogens with zero attached hydrogens (tertiary/aromatic N) is 1. The predicted octanol–water partition coefficient (Wildman–Crippen LogP) is -0.679. The van der Waals surface area contributed by atoms with Crippen LogP contribution in [0, 0.1) is 0 Å². The fraction of sp³-hybridized carbons (Fsp3) is 0.636. The van der Waals surface area contributed by atoms with E-state index in [0.29, 0.717) is 5.57 Å². The maximum Gasteiger partial charge on any atom is 0.333 e. The Morgan fingerprint density at radius 1 is 1.38 bits per heavy atom. The fourth-order valence-electron chi connectivity index (χ4n) is 1.21. The number of ether oxygens (including phenoxy) is 1. The first kappa shape index (κ1) is 14.6. The number of carbonyl (C=O) groups is 2. The second-order valence-electron chi connectivity index (χ2n) is 4.66. The van der Waals surface area contributed by atoms with Gasteiger partial charge in [0.15, 0.2) is 0 Å². The van der Waals surface area contributed by atoms with E-state index in [2.05, 4.69) is 6.58 Å². The molecule has 92 valence electrons. The van der Waals surface area contributed by atoms with Crippen LogP contribution in [0.2, 0.25) is 0 Å². The molecular weight excluding hydrogens is 210 g/mol. The molecular formula is C11H19NO4. The fourth-order valence-corrected chi connectivity index (χ4v) is 1.21. The van der Waals surface area contributed by atoms with E-state index >= 15 is 0 Å². The minimum absolute atomic E-state index is 0.0554.